The molecule has 0 aliphatic carbocycles. The van der Waals surface area contributed by atoms with E-state index in [9.17, 15) is 4.79 Å². The molecule has 2 heterocycles. The largest absolute Gasteiger partial charge is 0.379 e. The van der Waals surface area contributed by atoms with Crippen molar-refractivity contribution in [1.29, 1.82) is 0 Å². The third-order valence-corrected chi connectivity index (χ3v) is 3.31. The number of nitrogens with one attached hydrogen (secondary N) is 1. The molecule has 0 unspecified atom stereocenters. The summed E-state index contributed by atoms with van der Waals surface area (Å²) in [6.07, 6.45) is 0. The molecule has 16 heavy (non-hydrogen) atoms. The lowest BCUT2D eigenvalue weighted by molar-refractivity contribution is 0.0341. The van der Waals surface area contributed by atoms with Gasteiger partial charge in [-0.1, -0.05) is 0 Å². The fraction of sp³-hybridized carbons (Fsp3) is 0.600. The van der Waals surface area contributed by atoms with Gasteiger partial charge in [-0.25, -0.2) is 4.98 Å². The summed E-state index contributed by atoms with van der Waals surface area (Å²) in [5.74, 6) is -0.121. The van der Waals surface area contributed by atoms with E-state index >= 15 is 0 Å². The Balaban J connectivity index is 1.94. The van der Waals surface area contributed by atoms with E-state index in [0.29, 0.717) is 5.69 Å². The summed E-state index contributed by atoms with van der Waals surface area (Å²) >= 11 is 1.53. The number of carbonyl (C=O) groups is 1. The van der Waals surface area contributed by atoms with Crippen molar-refractivity contribution in [3.05, 3.63) is 16.1 Å². The number of hydrogen-bond acceptors (Lipinski definition) is 5. The summed E-state index contributed by atoms with van der Waals surface area (Å²) < 4.78 is 5.28. The minimum atomic E-state index is -0.121. The van der Waals surface area contributed by atoms with Crippen LogP contribution < -0.4 is 5.32 Å². The molecule has 1 amide bonds. The Morgan fingerprint density at radius 2 is 2.38 bits per heavy atom. The molecule has 0 spiro atoms. The molecule has 1 aliphatic heterocycles. The van der Waals surface area contributed by atoms with Gasteiger partial charge in [-0.15, -0.1) is 11.3 Å². The highest BCUT2D eigenvalue weighted by molar-refractivity contribution is 7.09. The third kappa shape index (κ3) is 2.78. The highest BCUT2D eigenvalue weighted by Crippen LogP contribution is 2.13. The highest BCUT2D eigenvalue weighted by Gasteiger charge is 2.14. The minimum Gasteiger partial charge on any atom is -0.379 e. The number of rotatable bonds is 3. The van der Waals surface area contributed by atoms with Crippen molar-refractivity contribution in [2.45, 2.75) is 6.54 Å². The van der Waals surface area contributed by atoms with Gasteiger partial charge in [-0.3, -0.25) is 9.69 Å². The zero-order chi connectivity index (χ0) is 11.4. The van der Waals surface area contributed by atoms with Gasteiger partial charge in [0.1, 0.15) is 10.7 Å². The average Bonchev–Trinajstić information content (AvgIpc) is 2.78. The highest BCUT2D eigenvalue weighted by atomic mass is 32.1. The summed E-state index contributed by atoms with van der Waals surface area (Å²) in [5, 5.41) is 5.36. The maximum Gasteiger partial charge on any atom is 0.270 e. The molecule has 1 aliphatic rings. The zero-order valence-corrected chi connectivity index (χ0v) is 10.0. The Morgan fingerprint density at radius 3 is 3.06 bits per heavy atom. The Bertz CT molecular complexity index is 361. The molecule has 1 aromatic rings. The van der Waals surface area contributed by atoms with Crippen LogP contribution in [0.4, 0.5) is 0 Å². The second kappa shape index (κ2) is 5.38. The van der Waals surface area contributed by atoms with E-state index in [2.05, 4.69) is 15.2 Å². The lowest BCUT2D eigenvalue weighted by Gasteiger charge is -2.25. The molecule has 0 atom stereocenters. The number of amides is 1. The molecular weight excluding hydrogens is 226 g/mol. The fourth-order valence-corrected chi connectivity index (χ4v) is 2.38. The van der Waals surface area contributed by atoms with Crippen molar-refractivity contribution in [3.8, 4) is 0 Å². The summed E-state index contributed by atoms with van der Waals surface area (Å²) in [4.78, 5) is 17.9. The number of aromatic nitrogens is 1. The first-order valence-electron chi connectivity index (χ1n) is 5.26. The average molecular weight is 241 g/mol. The molecule has 5 nitrogen and oxygen atoms in total. The molecule has 6 heteroatoms. The number of carbonyl (C=O) groups excluding carboxylic acids is 1. The van der Waals surface area contributed by atoms with E-state index < -0.39 is 0 Å². The molecule has 0 aromatic carbocycles. The molecule has 1 aromatic heterocycles. The molecule has 0 saturated carbocycles. The van der Waals surface area contributed by atoms with Crippen LogP contribution in [0.1, 0.15) is 15.5 Å². The van der Waals surface area contributed by atoms with Crippen LogP contribution in [0.2, 0.25) is 0 Å². The Hall–Kier alpha value is -0.980. The summed E-state index contributed by atoms with van der Waals surface area (Å²) in [6.45, 7) is 4.26. The van der Waals surface area contributed by atoms with Crippen LogP contribution in [0.5, 0.6) is 0 Å². The van der Waals surface area contributed by atoms with Crippen molar-refractivity contribution in [3.63, 3.8) is 0 Å². The summed E-state index contributed by atoms with van der Waals surface area (Å²) in [7, 11) is 1.61. The monoisotopic (exact) mass is 241 g/mol. The normalized spacial score (nSPS) is 17.3. The van der Waals surface area contributed by atoms with Gasteiger partial charge in [0.05, 0.1) is 19.8 Å². The van der Waals surface area contributed by atoms with Crippen molar-refractivity contribution in [1.82, 2.24) is 15.2 Å². The van der Waals surface area contributed by atoms with Crippen molar-refractivity contribution < 1.29 is 9.53 Å². The van der Waals surface area contributed by atoms with Gasteiger partial charge in [0, 0.05) is 25.5 Å². The standard InChI is InChI=1S/C10H15N3O2S/c1-11-10(14)8-7-16-9(12-8)6-13-2-4-15-5-3-13/h7H,2-6H2,1H3,(H,11,14). The summed E-state index contributed by atoms with van der Waals surface area (Å²) in [6, 6.07) is 0. The van der Waals surface area contributed by atoms with E-state index in [1.54, 1.807) is 12.4 Å². The van der Waals surface area contributed by atoms with Crippen LogP contribution in [-0.2, 0) is 11.3 Å². The molecule has 88 valence electrons. The number of thiazole rings is 1. The summed E-state index contributed by atoms with van der Waals surface area (Å²) in [5.41, 5.74) is 0.510. The molecule has 2 rings (SSSR count). The van der Waals surface area contributed by atoms with Gasteiger partial charge < -0.3 is 10.1 Å². The first-order chi connectivity index (χ1) is 7.79. The molecule has 0 radical (unpaired) electrons. The van der Waals surface area contributed by atoms with E-state index in [-0.39, 0.29) is 5.91 Å². The predicted molar refractivity (Wildman–Crippen MR) is 61.6 cm³/mol. The molecule has 0 bridgehead atoms. The Morgan fingerprint density at radius 1 is 1.62 bits per heavy atom. The van der Waals surface area contributed by atoms with Crippen LogP contribution >= 0.6 is 11.3 Å². The lowest BCUT2D eigenvalue weighted by atomic mass is 10.4. The third-order valence-electron chi connectivity index (χ3n) is 2.47. The van der Waals surface area contributed by atoms with Gasteiger partial charge in [-0.2, -0.15) is 0 Å². The smallest absolute Gasteiger partial charge is 0.270 e. The van der Waals surface area contributed by atoms with Crippen LogP contribution in [0.15, 0.2) is 5.38 Å². The van der Waals surface area contributed by atoms with Gasteiger partial charge in [0.15, 0.2) is 0 Å². The molecule has 1 saturated heterocycles. The van der Waals surface area contributed by atoms with Crippen LogP contribution in [0, 0.1) is 0 Å². The van der Waals surface area contributed by atoms with E-state index in [0.717, 1.165) is 37.9 Å². The number of ether oxygens (including phenoxy) is 1. The zero-order valence-electron chi connectivity index (χ0n) is 9.23. The van der Waals surface area contributed by atoms with E-state index in [4.69, 9.17) is 4.74 Å². The minimum absolute atomic E-state index is 0.121. The fourth-order valence-electron chi connectivity index (χ4n) is 1.57. The SMILES string of the molecule is CNC(=O)c1csc(CN2CCOCC2)n1. The van der Waals surface area contributed by atoms with Crippen LogP contribution in [-0.4, -0.2) is 49.1 Å². The Kier molecular flexibility index (Phi) is 3.87. The first kappa shape index (κ1) is 11.5. The van der Waals surface area contributed by atoms with Crippen LogP contribution in [0.25, 0.3) is 0 Å². The van der Waals surface area contributed by atoms with Gasteiger partial charge >= 0.3 is 0 Å². The predicted octanol–water partition coefficient (Wildman–Crippen LogP) is 0.335. The van der Waals surface area contributed by atoms with Gasteiger partial charge in [0.2, 0.25) is 0 Å². The van der Waals surface area contributed by atoms with E-state index in [1.807, 2.05) is 0 Å². The quantitative estimate of drug-likeness (QED) is 0.829. The van der Waals surface area contributed by atoms with E-state index in [1.165, 1.54) is 11.3 Å². The van der Waals surface area contributed by atoms with Crippen molar-refractivity contribution >= 4 is 17.2 Å². The maximum absolute atomic E-state index is 11.3. The topological polar surface area (TPSA) is 54.5 Å². The Labute approximate surface area is 98.4 Å². The number of nitrogens with zero attached hydrogens (tertiary/aromatic N) is 2. The second-order valence-electron chi connectivity index (χ2n) is 3.59. The molecular formula is C10H15N3O2S. The second-order valence-corrected chi connectivity index (χ2v) is 4.54. The number of morpholine rings is 1. The maximum atomic E-state index is 11.3. The lowest BCUT2D eigenvalue weighted by Crippen LogP contribution is -2.35. The molecule has 1 fully saturated rings. The first-order valence-corrected chi connectivity index (χ1v) is 6.14. The van der Waals surface area contributed by atoms with Crippen molar-refractivity contribution in [2.24, 2.45) is 0 Å². The van der Waals surface area contributed by atoms with Gasteiger partial charge in [0.25, 0.3) is 5.91 Å². The van der Waals surface area contributed by atoms with Crippen molar-refractivity contribution in [2.75, 3.05) is 33.4 Å². The van der Waals surface area contributed by atoms with Gasteiger partial charge in [-0.05, 0) is 0 Å². The van der Waals surface area contributed by atoms with Crippen LogP contribution in [0.3, 0.4) is 0 Å². The molecule has 1 N–H and O–H groups in total. The number of hydrogen-bond donors (Lipinski definition) is 1.